The molecule has 4 nitrogen and oxygen atoms in total. The van der Waals surface area contributed by atoms with Crippen LogP contribution in [0.15, 0.2) is 22.7 Å². The first-order valence-corrected chi connectivity index (χ1v) is 7.06. The molecular formula is C13H16BrN3O. The number of nitrogens with zero attached hydrogens (tertiary/aromatic N) is 2. The van der Waals surface area contributed by atoms with Crippen molar-refractivity contribution in [1.29, 1.82) is 0 Å². The van der Waals surface area contributed by atoms with E-state index in [1.54, 1.807) is 0 Å². The molecule has 2 heterocycles. The van der Waals surface area contributed by atoms with Crippen molar-refractivity contribution in [2.75, 3.05) is 12.3 Å². The largest absolute Gasteiger partial charge is 0.376 e. The lowest BCUT2D eigenvalue weighted by Gasteiger charge is -2.23. The fourth-order valence-electron chi connectivity index (χ4n) is 2.46. The van der Waals surface area contributed by atoms with Crippen LogP contribution in [0, 0.1) is 0 Å². The van der Waals surface area contributed by atoms with E-state index in [4.69, 9.17) is 10.5 Å². The minimum absolute atomic E-state index is 0.262. The van der Waals surface area contributed by atoms with Gasteiger partial charge < -0.3 is 15.0 Å². The number of anilines is 1. The van der Waals surface area contributed by atoms with Crippen LogP contribution in [0.2, 0.25) is 0 Å². The molecule has 0 saturated carbocycles. The zero-order valence-corrected chi connectivity index (χ0v) is 11.7. The predicted molar refractivity (Wildman–Crippen MR) is 75.4 cm³/mol. The van der Waals surface area contributed by atoms with Crippen molar-refractivity contribution in [3.63, 3.8) is 0 Å². The van der Waals surface area contributed by atoms with Gasteiger partial charge in [0, 0.05) is 11.1 Å². The van der Waals surface area contributed by atoms with Gasteiger partial charge in [0.2, 0.25) is 5.95 Å². The van der Waals surface area contributed by atoms with Crippen molar-refractivity contribution in [3.8, 4) is 0 Å². The number of aromatic nitrogens is 2. The van der Waals surface area contributed by atoms with Gasteiger partial charge in [-0.15, -0.1) is 0 Å². The Bertz CT molecular complexity index is 561. The lowest BCUT2D eigenvalue weighted by atomic mass is 10.1. The number of imidazole rings is 1. The standard InChI is InChI=1S/C13H16BrN3O/c14-9-4-5-11-12(7-9)17(13(15)16-11)8-10-3-1-2-6-18-10/h4-5,7,10H,1-3,6,8H2,(H2,15,16). The maximum Gasteiger partial charge on any atom is 0.201 e. The number of hydrogen-bond donors (Lipinski definition) is 1. The molecule has 1 aromatic heterocycles. The topological polar surface area (TPSA) is 53.1 Å². The molecule has 0 aliphatic carbocycles. The van der Waals surface area contributed by atoms with Gasteiger partial charge in [-0.3, -0.25) is 0 Å². The molecule has 18 heavy (non-hydrogen) atoms. The third-order valence-corrected chi connectivity index (χ3v) is 3.89. The van der Waals surface area contributed by atoms with E-state index in [-0.39, 0.29) is 6.10 Å². The Balaban J connectivity index is 1.94. The number of nitrogen functional groups attached to an aromatic ring is 1. The highest BCUT2D eigenvalue weighted by molar-refractivity contribution is 9.10. The van der Waals surface area contributed by atoms with E-state index in [1.165, 1.54) is 12.8 Å². The van der Waals surface area contributed by atoms with Gasteiger partial charge >= 0.3 is 0 Å². The molecule has 2 N–H and O–H groups in total. The Hall–Kier alpha value is -1.07. The summed E-state index contributed by atoms with van der Waals surface area (Å²) < 4.78 is 8.86. The summed E-state index contributed by atoms with van der Waals surface area (Å²) in [5, 5.41) is 0. The average molecular weight is 310 g/mol. The summed E-state index contributed by atoms with van der Waals surface area (Å²) in [5.74, 6) is 0.567. The smallest absolute Gasteiger partial charge is 0.201 e. The third-order valence-electron chi connectivity index (χ3n) is 3.40. The maximum atomic E-state index is 6.00. The summed E-state index contributed by atoms with van der Waals surface area (Å²) in [7, 11) is 0. The molecule has 3 rings (SSSR count). The Labute approximate surface area is 114 Å². The molecule has 1 saturated heterocycles. The van der Waals surface area contributed by atoms with Crippen LogP contribution >= 0.6 is 15.9 Å². The lowest BCUT2D eigenvalue weighted by molar-refractivity contribution is 0.00694. The average Bonchev–Trinajstić information content (AvgIpc) is 2.67. The van der Waals surface area contributed by atoms with Gasteiger partial charge in [-0.2, -0.15) is 0 Å². The van der Waals surface area contributed by atoms with Crippen molar-refractivity contribution in [3.05, 3.63) is 22.7 Å². The first kappa shape index (κ1) is 12.0. The number of hydrogen-bond acceptors (Lipinski definition) is 3. The number of nitrogens with two attached hydrogens (primary N) is 1. The van der Waals surface area contributed by atoms with Gasteiger partial charge in [-0.25, -0.2) is 4.98 Å². The van der Waals surface area contributed by atoms with E-state index in [2.05, 4.69) is 31.5 Å². The van der Waals surface area contributed by atoms with Crippen LogP contribution in [0.5, 0.6) is 0 Å². The van der Waals surface area contributed by atoms with Crippen LogP contribution in [0.3, 0.4) is 0 Å². The van der Waals surface area contributed by atoms with Gasteiger partial charge in [0.1, 0.15) is 0 Å². The van der Waals surface area contributed by atoms with Crippen LogP contribution in [0.4, 0.5) is 5.95 Å². The molecule has 1 aromatic carbocycles. The van der Waals surface area contributed by atoms with Crippen LogP contribution in [-0.2, 0) is 11.3 Å². The van der Waals surface area contributed by atoms with E-state index in [9.17, 15) is 0 Å². The summed E-state index contributed by atoms with van der Waals surface area (Å²) in [6.07, 6.45) is 3.77. The first-order chi connectivity index (χ1) is 8.74. The van der Waals surface area contributed by atoms with Gasteiger partial charge in [0.25, 0.3) is 0 Å². The van der Waals surface area contributed by atoms with E-state index < -0.39 is 0 Å². The zero-order chi connectivity index (χ0) is 12.5. The van der Waals surface area contributed by atoms with Crippen LogP contribution < -0.4 is 5.73 Å². The second kappa shape index (κ2) is 4.90. The van der Waals surface area contributed by atoms with Crippen molar-refractivity contribution >= 4 is 32.9 Å². The second-order valence-corrected chi connectivity index (χ2v) is 5.62. The molecule has 1 aliphatic rings. The Kier molecular flexibility index (Phi) is 3.26. The highest BCUT2D eigenvalue weighted by Crippen LogP contribution is 2.24. The molecular weight excluding hydrogens is 294 g/mol. The van der Waals surface area contributed by atoms with Crippen molar-refractivity contribution < 1.29 is 4.74 Å². The van der Waals surface area contributed by atoms with Crippen molar-refractivity contribution in [2.24, 2.45) is 0 Å². The quantitative estimate of drug-likeness (QED) is 0.928. The van der Waals surface area contributed by atoms with Crippen molar-refractivity contribution in [2.45, 2.75) is 31.9 Å². The Morgan fingerprint density at radius 3 is 3.11 bits per heavy atom. The number of ether oxygens (including phenoxy) is 1. The summed E-state index contributed by atoms with van der Waals surface area (Å²) in [4.78, 5) is 4.38. The normalized spacial score (nSPS) is 20.4. The fourth-order valence-corrected chi connectivity index (χ4v) is 2.81. The molecule has 0 bridgehead atoms. The first-order valence-electron chi connectivity index (χ1n) is 6.27. The summed E-state index contributed by atoms with van der Waals surface area (Å²) >= 11 is 3.49. The molecule has 1 unspecified atom stereocenters. The van der Waals surface area contributed by atoms with Gasteiger partial charge in [-0.05, 0) is 37.5 Å². The number of fused-ring (bicyclic) bond motifs is 1. The molecule has 1 aliphatic heterocycles. The monoisotopic (exact) mass is 309 g/mol. The maximum absolute atomic E-state index is 6.00. The minimum Gasteiger partial charge on any atom is -0.376 e. The SMILES string of the molecule is Nc1nc2ccc(Br)cc2n1CC1CCCCO1. The predicted octanol–water partition coefficient (Wildman–Crippen LogP) is 2.95. The molecule has 2 aromatic rings. The fraction of sp³-hybridized carbons (Fsp3) is 0.462. The molecule has 0 radical (unpaired) electrons. The van der Waals surface area contributed by atoms with E-state index >= 15 is 0 Å². The molecule has 1 fully saturated rings. The van der Waals surface area contributed by atoms with E-state index in [0.29, 0.717) is 5.95 Å². The van der Waals surface area contributed by atoms with Crippen LogP contribution in [0.1, 0.15) is 19.3 Å². The lowest BCUT2D eigenvalue weighted by Crippen LogP contribution is -2.25. The second-order valence-electron chi connectivity index (χ2n) is 4.70. The highest BCUT2D eigenvalue weighted by atomic mass is 79.9. The zero-order valence-electron chi connectivity index (χ0n) is 10.1. The van der Waals surface area contributed by atoms with Gasteiger partial charge in [0.15, 0.2) is 0 Å². The number of benzene rings is 1. The molecule has 1 atom stereocenters. The van der Waals surface area contributed by atoms with E-state index in [1.807, 2.05) is 12.1 Å². The third kappa shape index (κ3) is 2.24. The molecule has 0 amide bonds. The van der Waals surface area contributed by atoms with Gasteiger partial charge in [-0.1, -0.05) is 15.9 Å². The van der Waals surface area contributed by atoms with E-state index in [0.717, 1.165) is 35.1 Å². The summed E-state index contributed by atoms with van der Waals surface area (Å²) in [6, 6.07) is 6.02. The van der Waals surface area contributed by atoms with Crippen molar-refractivity contribution in [1.82, 2.24) is 9.55 Å². The molecule has 0 spiro atoms. The molecule has 5 heteroatoms. The summed E-state index contributed by atoms with van der Waals surface area (Å²) in [6.45, 7) is 1.65. The highest BCUT2D eigenvalue weighted by Gasteiger charge is 2.17. The van der Waals surface area contributed by atoms with Crippen LogP contribution in [-0.4, -0.2) is 22.3 Å². The summed E-state index contributed by atoms with van der Waals surface area (Å²) in [5.41, 5.74) is 8.00. The van der Waals surface area contributed by atoms with Gasteiger partial charge in [0.05, 0.1) is 23.7 Å². The molecule has 96 valence electrons. The number of rotatable bonds is 2. The van der Waals surface area contributed by atoms with Crippen LogP contribution in [0.25, 0.3) is 11.0 Å². The minimum atomic E-state index is 0.262. The Morgan fingerprint density at radius 1 is 1.44 bits per heavy atom. The Morgan fingerprint density at radius 2 is 2.33 bits per heavy atom. The number of halogens is 1.